The topological polar surface area (TPSA) is 106 Å². The first kappa shape index (κ1) is 20.4. The van der Waals surface area contributed by atoms with Crippen LogP contribution in [0.5, 0.6) is 0 Å². The number of sulfonamides is 1. The molecule has 0 heterocycles. The number of hydrogen-bond donors (Lipinski definition) is 3. The summed E-state index contributed by atoms with van der Waals surface area (Å²) in [4.78, 5) is 12.2. The van der Waals surface area contributed by atoms with Crippen LogP contribution < -0.4 is 15.8 Å². The number of amides is 1. The molecular weight excluding hydrogens is 374 g/mol. The summed E-state index contributed by atoms with van der Waals surface area (Å²) in [6, 6.07) is 13.6. The lowest BCUT2D eigenvalue weighted by Crippen LogP contribution is -2.87. The van der Waals surface area contributed by atoms with Gasteiger partial charge < -0.3 is 10.6 Å². The first-order valence-electron chi connectivity index (χ1n) is 8.17. The van der Waals surface area contributed by atoms with E-state index in [9.17, 15) is 13.2 Å². The highest BCUT2D eigenvalue weighted by molar-refractivity contribution is 7.89. The quantitative estimate of drug-likeness (QED) is 0.660. The van der Waals surface area contributed by atoms with Crippen LogP contribution in [0, 0.1) is 0 Å². The van der Waals surface area contributed by atoms with E-state index in [2.05, 4.69) is 5.32 Å². The molecule has 2 atom stereocenters. The Bertz CT molecular complexity index is 870. The zero-order valence-corrected chi connectivity index (χ0v) is 16.2. The zero-order chi connectivity index (χ0) is 19.3. The van der Waals surface area contributed by atoms with Gasteiger partial charge in [-0.05, 0) is 43.7 Å². The van der Waals surface area contributed by atoms with Gasteiger partial charge in [0.1, 0.15) is 6.04 Å². The molecule has 26 heavy (non-hydrogen) atoms. The predicted molar refractivity (Wildman–Crippen MR) is 101 cm³/mol. The normalized spacial score (nSPS) is 13.8. The largest absolute Gasteiger partial charge is 0.345 e. The van der Waals surface area contributed by atoms with Crippen LogP contribution in [0.2, 0.25) is 5.02 Å². The van der Waals surface area contributed by atoms with E-state index in [0.29, 0.717) is 5.02 Å². The molecule has 8 heteroatoms. The molecule has 0 aromatic heterocycles. The maximum Gasteiger partial charge on any atom is 0.275 e. The van der Waals surface area contributed by atoms with E-state index in [1.165, 1.54) is 12.1 Å². The molecule has 0 radical (unpaired) electrons. The van der Waals surface area contributed by atoms with Gasteiger partial charge in [-0.3, -0.25) is 4.79 Å². The lowest BCUT2D eigenvalue weighted by Gasteiger charge is -2.16. The monoisotopic (exact) mass is 396 g/mol. The average molecular weight is 397 g/mol. The molecule has 0 aliphatic heterocycles. The van der Waals surface area contributed by atoms with Gasteiger partial charge in [0, 0.05) is 10.6 Å². The van der Waals surface area contributed by atoms with E-state index in [4.69, 9.17) is 16.7 Å². The van der Waals surface area contributed by atoms with Crippen LogP contribution >= 0.6 is 11.6 Å². The smallest absolute Gasteiger partial charge is 0.275 e. The summed E-state index contributed by atoms with van der Waals surface area (Å²) < 4.78 is 22.5. The molecule has 0 spiro atoms. The highest BCUT2D eigenvalue weighted by Crippen LogP contribution is 2.16. The number of rotatable bonds is 7. The van der Waals surface area contributed by atoms with Crippen molar-refractivity contribution >= 4 is 27.5 Å². The lowest BCUT2D eigenvalue weighted by molar-refractivity contribution is -0.682. The van der Waals surface area contributed by atoms with Crippen LogP contribution in [0.15, 0.2) is 53.4 Å². The van der Waals surface area contributed by atoms with E-state index in [1.807, 2.05) is 43.4 Å². The zero-order valence-electron chi connectivity index (χ0n) is 14.6. The fourth-order valence-corrected chi connectivity index (χ4v) is 3.25. The Balaban J connectivity index is 1.89. The van der Waals surface area contributed by atoms with Crippen molar-refractivity contribution in [2.75, 3.05) is 6.54 Å². The number of benzene rings is 2. The summed E-state index contributed by atoms with van der Waals surface area (Å²) in [5, 5.41) is 10.6. The summed E-state index contributed by atoms with van der Waals surface area (Å²) >= 11 is 5.99. The minimum absolute atomic E-state index is 0.0449. The SMILES string of the molecule is C[C@H](NC(=O)C[NH2+][C@H](C)c1cccc(Cl)c1)c1ccc(S(N)(=O)=O)cc1. The van der Waals surface area contributed by atoms with Crippen molar-refractivity contribution in [1.82, 2.24) is 5.32 Å². The van der Waals surface area contributed by atoms with Crippen LogP contribution in [0.4, 0.5) is 0 Å². The Kier molecular flexibility index (Phi) is 6.77. The van der Waals surface area contributed by atoms with E-state index < -0.39 is 10.0 Å². The van der Waals surface area contributed by atoms with E-state index >= 15 is 0 Å². The molecule has 0 saturated carbocycles. The molecule has 0 unspecified atom stereocenters. The van der Waals surface area contributed by atoms with Crippen LogP contribution in [0.25, 0.3) is 0 Å². The second kappa shape index (κ2) is 8.64. The highest BCUT2D eigenvalue weighted by atomic mass is 35.5. The van der Waals surface area contributed by atoms with Crippen molar-refractivity contribution in [3.8, 4) is 0 Å². The summed E-state index contributed by atoms with van der Waals surface area (Å²) in [6.45, 7) is 4.12. The molecule has 0 fully saturated rings. The maximum absolute atomic E-state index is 12.2. The van der Waals surface area contributed by atoms with Gasteiger partial charge in [-0.15, -0.1) is 0 Å². The first-order chi connectivity index (χ1) is 12.2. The lowest BCUT2D eigenvalue weighted by atomic mass is 10.1. The van der Waals surface area contributed by atoms with Crippen molar-refractivity contribution < 1.29 is 18.5 Å². The van der Waals surface area contributed by atoms with Gasteiger partial charge in [0.05, 0.1) is 10.9 Å². The molecule has 0 saturated heterocycles. The second-order valence-corrected chi connectivity index (χ2v) is 8.18. The summed E-state index contributed by atoms with van der Waals surface area (Å²) in [5.41, 5.74) is 1.85. The fourth-order valence-electron chi connectivity index (χ4n) is 2.54. The number of primary sulfonamides is 1. The number of halogens is 1. The van der Waals surface area contributed by atoms with Crippen molar-refractivity contribution in [2.45, 2.75) is 30.8 Å². The van der Waals surface area contributed by atoms with E-state index in [1.54, 1.807) is 12.1 Å². The fraction of sp³-hybridized carbons (Fsp3) is 0.278. The molecule has 1 amide bonds. The van der Waals surface area contributed by atoms with E-state index in [0.717, 1.165) is 11.1 Å². The standard InChI is InChI=1S/C18H22ClN3O3S/c1-12(15-4-3-5-16(19)10-15)21-11-18(23)22-13(2)14-6-8-17(9-7-14)26(20,24)25/h3-10,12-13,21H,11H2,1-2H3,(H,22,23)(H2,20,24,25)/p+1/t12-,13+/m1/s1. The van der Waals surface area contributed by atoms with Crippen molar-refractivity contribution in [3.63, 3.8) is 0 Å². The van der Waals surface area contributed by atoms with Gasteiger partial charge >= 0.3 is 0 Å². The maximum atomic E-state index is 12.2. The Hall–Kier alpha value is -1.93. The first-order valence-corrected chi connectivity index (χ1v) is 10.1. The van der Waals surface area contributed by atoms with Gasteiger partial charge in [-0.1, -0.05) is 35.9 Å². The Morgan fingerprint density at radius 3 is 2.38 bits per heavy atom. The van der Waals surface area contributed by atoms with E-state index in [-0.39, 0.29) is 29.4 Å². The number of carbonyl (C=O) groups excluding carboxylic acids is 1. The molecule has 2 aromatic rings. The van der Waals surface area contributed by atoms with Crippen LogP contribution in [-0.2, 0) is 14.8 Å². The van der Waals surface area contributed by atoms with Gasteiger partial charge in [0.25, 0.3) is 5.91 Å². The molecule has 0 aliphatic carbocycles. The van der Waals surface area contributed by atoms with Crippen LogP contribution in [0.3, 0.4) is 0 Å². The number of nitrogens with one attached hydrogen (secondary N) is 1. The third-order valence-electron chi connectivity index (χ3n) is 4.12. The Morgan fingerprint density at radius 1 is 1.15 bits per heavy atom. The molecule has 2 aromatic carbocycles. The molecule has 0 aliphatic rings. The minimum atomic E-state index is -3.72. The van der Waals surface area contributed by atoms with Crippen LogP contribution in [-0.4, -0.2) is 20.9 Å². The van der Waals surface area contributed by atoms with Gasteiger partial charge in [0.15, 0.2) is 6.54 Å². The van der Waals surface area contributed by atoms with Gasteiger partial charge in [-0.25, -0.2) is 13.6 Å². The van der Waals surface area contributed by atoms with Gasteiger partial charge in [0.2, 0.25) is 10.0 Å². The molecule has 140 valence electrons. The van der Waals surface area contributed by atoms with Crippen molar-refractivity contribution in [1.29, 1.82) is 0 Å². The number of carbonyl (C=O) groups is 1. The number of hydrogen-bond acceptors (Lipinski definition) is 3. The summed E-state index contributed by atoms with van der Waals surface area (Å²) in [6.07, 6.45) is 0. The van der Waals surface area contributed by atoms with Crippen molar-refractivity contribution in [3.05, 3.63) is 64.7 Å². The summed E-state index contributed by atoms with van der Waals surface area (Å²) in [5.74, 6) is -0.109. The molecule has 6 nitrogen and oxygen atoms in total. The third kappa shape index (κ3) is 5.81. The van der Waals surface area contributed by atoms with Crippen LogP contribution in [0.1, 0.15) is 37.1 Å². The predicted octanol–water partition coefficient (Wildman–Crippen LogP) is 1.49. The minimum Gasteiger partial charge on any atom is -0.345 e. The molecule has 2 rings (SSSR count). The Labute approximate surface area is 158 Å². The molecular formula is C18H23ClN3O3S+. The highest BCUT2D eigenvalue weighted by Gasteiger charge is 2.15. The third-order valence-corrected chi connectivity index (χ3v) is 5.28. The van der Waals surface area contributed by atoms with Crippen molar-refractivity contribution in [2.24, 2.45) is 5.14 Å². The summed E-state index contributed by atoms with van der Waals surface area (Å²) in [7, 11) is -3.72. The number of nitrogens with two attached hydrogens (primary N) is 2. The average Bonchev–Trinajstić information content (AvgIpc) is 2.59. The number of quaternary nitrogens is 1. The van der Waals surface area contributed by atoms with Gasteiger partial charge in [-0.2, -0.15) is 0 Å². The molecule has 5 N–H and O–H groups in total. The Morgan fingerprint density at radius 2 is 1.81 bits per heavy atom. The molecule has 0 bridgehead atoms. The second-order valence-electron chi connectivity index (χ2n) is 6.19.